The van der Waals surface area contributed by atoms with Crippen LogP contribution in [0, 0.1) is 6.92 Å². The molecule has 8 aromatic rings. The van der Waals surface area contributed by atoms with E-state index in [1.807, 2.05) is 0 Å². The van der Waals surface area contributed by atoms with Crippen molar-refractivity contribution in [2.75, 3.05) is 0 Å². The van der Waals surface area contributed by atoms with Gasteiger partial charge in [0.1, 0.15) is 0 Å². The molecule has 0 saturated heterocycles. The largest absolute Gasteiger partial charge is 0.0616 e. The van der Waals surface area contributed by atoms with E-state index < -0.39 is 0 Å². The van der Waals surface area contributed by atoms with Gasteiger partial charge in [-0.15, -0.1) is 0 Å². The number of hydrogen-bond acceptors (Lipinski definition) is 0. The zero-order valence-electron chi connectivity index (χ0n) is 22.9. The van der Waals surface area contributed by atoms with Crippen molar-refractivity contribution in [3.63, 3.8) is 0 Å². The fraction of sp³-hybridized carbons (Fsp3) is 0.0244. The van der Waals surface area contributed by atoms with Crippen LogP contribution < -0.4 is 0 Å². The molecule has 0 saturated carbocycles. The van der Waals surface area contributed by atoms with E-state index in [-0.39, 0.29) is 0 Å². The van der Waals surface area contributed by atoms with Crippen LogP contribution in [-0.2, 0) is 0 Å². The fourth-order valence-corrected chi connectivity index (χ4v) is 6.50. The van der Waals surface area contributed by atoms with Crippen molar-refractivity contribution in [2.45, 2.75) is 6.92 Å². The Hall–Kier alpha value is -5.20. The molecule has 41 heavy (non-hydrogen) atoms. The van der Waals surface area contributed by atoms with E-state index in [1.165, 1.54) is 82.0 Å². The van der Waals surface area contributed by atoms with E-state index in [0.717, 1.165) is 0 Å². The van der Waals surface area contributed by atoms with E-state index in [9.17, 15) is 0 Å². The summed E-state index contributed by atoms with van der Waals surface area (Å²) in [4.78, 5) is 0. The van der Waals surface area contributed by atoms with Crippen LogP contribution in [0.25, 0.3) is 76.5 Å². The lowest BCUT2D eigenvalue weighted by Gasteiger charge is -2.21. The summed E-state index contributed by atoms with van der Waals surface area (Å²) in [5.74, 6) is 0. The van der Waals surface area contributed by atoms with Crippen molar-refractivity contribution in [2.24, 2.45) is 0 Å². The summed E-state index contributed by atoms with van der Waals surface area (Å²) in [6.07, 6.45) is 0. The van der Waals surface area contributed by atoms with E-state index in [2.05, 4.69) is 159 Å². The molecule has 0 spiro atoms. The summed E-state index contributed by atoms with van der Waals surface area (Å²) in [5, 5.41) is 10.2. The van der Waals surface area contributed by atoms with Crippen LogP contribution in [0.2, 0.25) is 0 Å². The van der Waals surface area contributed by atoms with Crippen LogP contribution in [0.4, 0.5) is 0 Å². The monoisotopic (exact) mass is 520 g/mol. The van der Waals surface area contributed by atoms with E-state index in [0.29, 0.717) is 0 Å². The van der Waals surface area contributed by atoms with Gasteiger partial charge in [-0.1, -0.05) is 145 Å². The molecule has 0 amide bonds. The molecule has 0 radical (unpaired) electrons. The summed E-state index contributed by atoms with van der Waals surface area (Å²) in [6.45, 7) is 2.15. The minimum absolute atomic E-state index is 1.24. The first-order valence-electron chi connectivity index (χ1n) is 14.3. The van der Waals surface area contributed by atoms with Gasteiger partial charge < -0.3 is 0 Å². The normalized spacial score (nSPS) is 11.5. The maximum Gasteiger partial charge on any atom is -0.00141 e. The third-order valence-corrected chi connectivity index (χ3v) is 8.49. The SMILES string of the molecule is Cc1ccc(-c2cccc3c(-c4ccc5ccccc5c4)c4ccccc4c(-c4ccc5ccccc5c4)c23)cc1. The lowest BCUT2D eigenvalue weighted by Crippen LogP contribution is -1.93. The van der Waals surface area contributed by atoms with Gasteiger partial charge in [-0.3, -0.25) is 0 Å². The summed E-state index contributed by atoms with van der Waals surface area (Å²) >= 11 is 0. The number of aryl methyl sites for hydroxylation is 1. The minimum Gasteiger partial charge on any atom is -0.0616 e. The second-order valence-corrected chi connectivity index (χ2v) is 11.0. The average molecular weight is 521 g/mol. The minimum atomic E-state index is 1.24. The van der Waals surface area contributed by atoms with Crippen LogP contribution in [-0.4, -0.2) is 0 Å². The maximum atomic E-state index is 2.36. The van der Waals surface area contributed by atoms with Gasteiger partial charge in [-0.2, -0.15) is 0 Å². The Morgan fingerprint density at radius 3 is 1.46 bits per heavy atom. The number of benzene rings is 8. The van der Waals surface area contributed by atoms with Crippen LogP contribution in [0.15, 0.2) is 152 Å². The Morgan fingerprint density at radius 2 is 0.829 bits per heavy atom. The van der Waals surface area contributed by atoms with Crippen molar-refractivity contribution in [3.05, 3.63) is 157 Å². The van der Waals surface area contributed by atoms with Gasteiger partial charge >= 0.3 is 0 Å². The smallest absolute Gasteiger partial charge is 0.00141 e. The lowest BCUT2D eigenvalue weighted by atomic mass is 9.82. The number of fused-ring (bicyclic) bond motifs is 4. The van der Waals surface area contributed by atoms with Crippen molar-refractivity contribution >= 4 is 43.1 Å². The quantitative estimate of drug-likeness (QED) is 0.203. The van der Waals surface area contributed by atoms with Gasteiger partial charge in [0.2, 0.25) is 0 Å². The molecule has 0 heteroatoms. The average Bonchev–Trinajstić information content (AvgIpc) is 3.03. The van der Waals surface area contributed by atoms with Crippen molar-refractivity contribution < 1.29 is 0 Å². The molecule has 0 aliphatic heterocycles. The zero-order chi connectivity index (χ0) is 27.3. The highest BCUT2D eigenvalue weighted by Crippen LogP contribution is 2.47. The van der Waals surface area contributed by atoms with E-state index in [1.54, 1.807) is 0 Å². The molecule has 0 unspecified atom stereocenters. The predicted molar refractivity (Wildman–Crippen MR) is 178 cm³/mol. The predicted octanol–water partition coefficient (Wildman–Crippen LogP) is 11.6. The third kappa shape index (κ3) is 3.91. The molecular weight excluding hydrogens is 492 g/mol. The Morgan fingerprint density at radius 1 is 0.341 bits per heavy atom. The van der Waals surface area contributed by atoms with Crippen LogP contribution in [0.5, 0.6) is 0 Å². The standard InChI is InChI=1S/C41H28/c1-27-17-19-30(20-18-27)35-15-8-16-38-39(33-23-21-28-9-2-4-11-31(28)25-33)36-13-6-7-14-37(36)40(41(35)38)34-24-22-29-10-3-5-12-32(29)26-34/h2-26H,1H3. The van der Waals surface area contributed by atoms with Crippen LogP contribution >= 0.6 is 0 Å². The van der Waals surface area contributed by atoms with Crippen molar-refractivity contribution in [1.29, 1.82) is 0 Å². The molecule has 0 N–H and O–H groups in total. The first kappa shape index (κ1) is 23.7. The van der Waals surface area contributed by atoms with Crippen molar-refractivity contribution in [1.82, 2.24) is 0 Å². The highest BCUT2D eigenvalue weighted by atomic mass is 14.2. The molecule has 8 rings (SSSR count). The van der Waals surface area contributed by atoms with Gasteiger partial charge in [0.25, 0.3) is 0 Å². The first-order chi connectivity index (χ1) is 20.2. The molecule has 8 aromatic carbocycles. The molecule has 0 fully saturated rings. The third-order valence-electron chi connectivity index (χ3n) is 8.49. The highest BCUT2D eigenvalue weighted by molar-refractivity contribution is 6.25. The summed E-state index contributed by atoms with van der Waals surface area (Å²) < 4.78 is 0. The molecule has 0 aliphatic carbocycles. The van der Waals surface area contributed by atoms with Gasteiger partial charge in [0.05, 0.1) is 0 Å². The maximum absolute atomic E-state index is 2.36. The zero-order valence-corrected chi connectivity index (χ0v) is 22.9. The second kappa shape index (κ2) is 9.47. The van der Waals surface area contributed by atoms with E-state index in [4.69, 9.17) is 0 Å². The second-order valence-electron chi connectivity index (χ2n) is 11.0. The van der Waals surface area contributed by atoms with Crippen LogP contribution in [0.1, 0.15) is 5.56 Å². The van der Waals surface area contributed by atoms with Gasteiger partial charge in [0.15, 0.2) is 0 Å². The Bertz CT molecular complexity index is 2250. The van der Waals surface area contributed by atoms with Crippen molar-refractivity contribution in [3.8, 4) is 33.4 Å². The Kier molecular flexibility index (Phi) is 5.47. The molecule has 192 valence electrons. The lowest BCUT2D eigenvalue weighted by molar-refractivity contribution is 1.47. The summed E-state index contributed by atoms with van der Waals surface area (Å²) in [6, 6.07) is 55.8. The molecule has 0 aliphatic rings. The molecule has 0 nitrogen and oxygen atoms in total. The molecule has 0 atom stereocenters. The Labute approximate surface area is 240 Å². The van der Waals surface area contributed by atoms with Gasteiger partial charge in [-0.05, 0) is 95.5 Å². The van der Waals surface area contributed by atoms with Crippen LogP contribution in [0.3, 0.4) is 0 Å². The van der Waals surface area contributed by atoms with Gasteiger partial charge in [-0.25, -0.2) is 0 Å². The topological polar surface area (TPSA) is 0 Å². The number of rotatable bonds is 3. The molecule has 0 heterocycles. The summed E-state index contributed by atoms with van der Waals surface area (Å²) in [7, 11) is 0. The first-order valence-corrected chi connectivity index (χ1v) is 14.3. The molecule has 0 aromatic heterocycles. The summed E-state index contributed by atoms with van der Waals surface area (Å²) in [5.41, 5.74) is 8.85. The number of hydrogen-bond donors (Lipinski definition) is 0. The highest BCUT2D eigenvalue weighted by Gasteiger charge is 2.20. The Balaban J connectivity index is 1.56. The molecule has 0 bridgehead atoms. The van der Waals surface area contributed by atoms with Gasteiger partial charge in [0, 0.05) is 0 Å². The van der Waals surface area contributed by atoms with E-state index >= 15 is 0 Å². The molecular formula is C41H28. The fourth-order valence-electron chi connectivity index (χ4n) is 6.50.